The van der Waals surface area contributed by atoms with E-state index in [1.165, 1.54) is 32.2 Å². The highest BCUT2D eigenvalue weighted by Crippen LogP contribution is 2.54. The summed E-state index contributed by atoms with van der Waals surface area (Å²) in [5.41, 5.74) is 2.26. The van der Waals surface area contributed by atoms with Crippen molar-refractivity contribution >= 4 is 17.5 Å². The van der Waals surface area contributed by atoms with E-state index in [0.29, 0.717) is 0 Å². The number of hydrogen-bond acceptors (Lipinski definition) is 4. The predicted octanol–water partition coefficient (Wildman–Crippen LogP) is 4.10. The topological polar surface area (TPSA) is 94.3 Å². The van der Waals surface area contributed by atoms with Gasteiger partial charge in [-0.05, 0) is 42.7 Å². The fraction of sp³-hybridized carbons (Fsp3) is 0.409. The van der Waals surface area contributed by atoms with Gasteiger partial charge < -0.3 is 15.8 Å². The first-order valence-corrected chi connectivity index (χ1v) is 10.1. The van der Waals surface area contributed by atoms with Crippen molar-refractivity contribution in [3.8, 4) is 0 Å². The number of halogens is 5. The van der Waals surface area contributed by atoms with Crippen molar-refractivity contribution in [3.63, 3.8) is 0 Å². The van der Waals surface area contributed by atoms with Gasteiger partial charge >= 0.3 is 6.18 Å². The van der Waals surface area contributed by atoms with Gasteiger partial charge in [-0.3, -0.25) is 14.6 Å². The molecule has 1 aromatic carbocycles. The Balaban J connectivity index is 2.07. The van der Waals surface area contributed by atoms with Gasteiger partial charge in [-0.15, -0.1) is 0 Å². The van der Waals surface area contributed by atoms with Crippen molar-refractivity contribution in [2.24, 2.45) is 11.7 Å². The van der Waals surface area contributed by atoms with Crippen molar-refractivity contribution in [1.82, 2.24) is 4.98 Å². The normalized spacial score (nSPS) is 25.2. The van der Waals surface area contributed by atoms with E-state index in [0.717, 1.165) is 19.1 Å². The van der Waals surface area contributed by atoms with Crippen molar-refractivity contribution in [2.45, 2.75) is 51.0 Å². The lowest BCUT2D eigenvalue weighted by molar-refractivity contribution is -0.272. The molecule has 2 aromatic rings. The zero-order valence-corrected chi connectivity index (χ0v) is 18.0. The van der Waals surface area contributed by atoms with E-state index in [2.05, 4.69) is 10.3 Å². The lowest BCUT2D eigenvalue weighted by Crippen LogP contribution is -2.47. The molecule has 0 unspecified atom stereocenters. The largest absolute Gasteiger partial charge is 0.417 e. The number of ether oxygens (including phenoxy) is 1. The summed E-state index contributed by atoms with van der Waals surface area (Å²) in [6.07, 6.45) is -5.35. The van der Waals surface area contributed by atoms with Crippen LogP contribution >= 0.6 is 0 Å². The molecule has 4 atom stereocenters. The number of pyridine rings is 1. The summed E-state index contributed by atoms with van der Waals surface area (Å²) in [6, 6.07) is 4.47. The molecule has 1 aliphatic heterocycles. The molecule has 1 aliphatic rings. The van der Waals surface area contributed by atoms with Gasteiger partial charge in [-0.1, -0.05) is 19.9 Å². The molecule has 0 saturated carbocycles. The SMILES string of the molecule is CCc1c([C@@H]2[C@@H](C(=O)Nc3ccnc(C(N)=O)c3)O[C@@](C)(C(F)(F)F)[C@H]2C)ccc(F)c1F. The zero-order chi connectivity index (χ0) is 24.7. The maximum atomic E-state index is 14.5. The second-order valence-corrected chi connectivity index (χ2v) is 8.02. The molecular formula is C22H22F5N3O3. The quantitative estimate of drug-likeness (QED) is 0.642. The lowest BCUT2D eigenvalue weighted by atomic mass is 9.75. The minimum absolute atomic E-state index is 0.00839. The van der Waals surface area contributed by atoms with Crippen LogP contribution in [0.25, 0.3) is 0 Å². The number of nitrogens with two attached hydrogens (primary N) is 1. The summed E-state index contributed by atoms with van der Waals surface area (Å²) in [7, 11) is 0. The molecule has 1 aromatic heterocycles. The molecule has 3 rings (SSSR count). The van der Waals surface area contributed by atoms with Crippen molar-refractivity contribution < 1.29 is 36.3 Å². The Morgan fingerprint density at radius 3 is 2.48 bits per heavy atom. The molecule has 2 amide bonds. The van der Waals surface area contributed by atoms with Crippen LogP contribution < -0.4 is 11.1 Å². The Bertz CT molecular complexity index is 1090. The van der Waals surface area contributed by atoms with E-state index >= 15 is 0 Å². The first-order valence-electron chi connectivity index (χ1n) is 10.1. The lowest BCUT2D eigenvalue weighted by Gasteiger charge is -2.32. The van der Waals surface area contributed by atoms with E-state index < -0.39 is 53.2 Å². The van der Waals surface area contributed by atoms with Gasteiger partial charge in [-0.25, -0.2) is 8.78 Å². The van der Waals surface area contributed by atoms with Crippen molar-refractivity contribution in [1.29, 1.82) is 0 Å². The van der Waals surface area contributed by atoms with Crippen LogP contribution in [0.4, 0.5) is 27.6 Å². The van der Waals surface area contributed by atoms with Gasteiger partial charge in [-0.2, -0.15) is 13.2 Å². The molecule has 3 N–H and O–H groups in total. The fourth-order valence-corrected chi connectivity index (χ4v) is 4.16. The van der Waals surface area contributed by atoms with Gasteiger partial charge in [0, 0.05) is 23.7 Å². The molecule has 0 aliphatic carbocycles. The van der Waals surface area contributed by atoms with Crippen LogP contribution in [0, 0.1) is 17.6 Å². The minimum atomic E-state index is -4.85. The molecule has 0 bridgehead atoms. The molecule has 178 valence electrons. The van der Waals surface area contributed by atoms with Crippen LogP contribution in [0.1, 0.15) is 48.3 Å². The predicted molar refractivity (Wildman–Crippen MR) is 108 cm³/mol. The Morgan fingerprint density at radius 1 is 1.24 bits per heavy atom. The second kappa shape index (κ2) is 8.69. The Labute approximate surface area is 186 Å². The van der Waals surface area contributed by atoms with E-state index in [9.17, 15) is 31.5 Å². The van der Waals surface area contributed by atoms with Gasteiger partial charge in [0.25, 0.3) is 11.8 Å². The Hall–Kier alpha value is -3.08. The number of benzene rings is 1. The first kappa shape index (κ1) is 24.6. The average Bonchev–Trinajstić information content (AvgIpc) is 3.02. The molecule has 1 saturated heterocycles. The van der Waals surface area contributed by atoms with E-state index in [1.54, 1.807) is 0 Å². The van der Waals surface area contributed by atoms with Gasteiger partial charge in [0.15, 0.2) is 17.2 Å². The Kier molecular flexibility index (Phi) is 6.47. The number of alkyl halides is 3. The maximum absolute atomic E-state index is 14.5. The number of hydrogen-bond donors (Lipinski definition) is 2. The highest BCUT2D eigenvalue weighted by Gasteiger charge is 2.65. The fourth-order valence-electron chi connectivity index (χ4n) is 4.16. The summed E-state index contributed by atoms with van der Waals surface area (Å²) in [5.74, 6) is -6.69. The van der Waals surface area contributed by atoms with Crippen LogP contribution in [-0.4, -0.2) is 34.7 Å². The molecule has 0 spiro atoms. The van der Waals surface area contributed by atoms with Crippen molar-refractivity contribution in [3.05, 3.63) is 58.9 Å². The molecule has 6 nitrogen and oxygen atoms in total. The summed E-state index contributed by atoms with van der Waals surface area (Å²) >= 11 is 0. The van der Waals surface area contributed by atoms with Crippen LogP contribution in [0.15, 0.2) is 30.5 Å². The van der Waals surface area contributed by atoms with Crippen molar-refractivity contribution in [2.75, 3.05) is 5.32 Å². The van der Waals surface area contributed by atoms with Gasteiger partial charge in [0.2, 0.25) is 0 Å². The molecule has 0 radical (unpaired) electrons. The van der Waals surface area contributed by atoms with Crippen LogP contribution in [0.5, 0.6) is 0 Å². The number of aromatic nitrogens is 1. The van der Waals surface area contributed by atoms with Crippen LogP contribution in [0.2, 0.25) is 0 Å². The Morgan fingerprint density at radius 2 is 1.91 bits per heavy atom. The number of rotatable bonds is 5. The number of amides is 2. The molecular weight excluding hydrogens is 449 g/mol. The smallest absolute Gasteiger partial charge is 0.364 e. The minimum Gasteiger partial charge on any atom is -0.364 e. The number of carbonyl (C=O) groups excluding carboxylic acids is 2. The molecule has 1 fully saturated rings. The number of nitrogens with zero attached hydrogens (tertiary/aromatic N) is 1. The summed E-state index contributed by atoms with van der Waals surface area (Å²) in [5, 5.41) is 2.41. The standard InChI is InChI=1S/C22H22F5N3O3/c1-4-12-13(5-6-14(23)17(12)24)16-10(2)21(3,22(25,26)27)33-18(16)20(32)30-11-7-8-29-15(9-11)19(28)31/h5-10,16,18H,4H2,1-3H3,(H2,28,31)(H,29,30,32)/t10-,16+,18-,21+/m0/s1. The van der Waals surface area contributed by atoms with E-state index in [-0.39, 0.29) is 28.9 Å². The third-order valence-electron chi connectivity index (χ3n) is 6.15. The van der Waals surface area contributed by atoms with Gasteiger partial charge in [0.05, 0.1) is 0 Å². The van der Waals surface area contributed by atoms with E-state index in [1.807, 2.05) is 0 Å². The zero-order valence-electron chi connectivity index (χ0n) is 18.0. The summed E-state index contributed by atoms with van der Waals surface area (Å²) in [4.78, 5) is 28.1. The van der Waals surface area contributed by atoms with Crippen LogP contribution in [0.3, 0.4) is 0 Å². The highest BCUT2D eigenvalue weighted by molar-refractivity contribution is 5.97. The van der Waals surface area contributed by atoms with E-state index in [4.69, 9.17) is 10.5 Å². The number of anilines is 1. The first-order chi connectivity index (χ1) is 15.3. The van der Waals surface area contributed by atoms with Crippen LogP contribution in [-0.2, 0) is 16.0 Å². The summed E-state index contributed by atoms with van der Waals surface area (Å²) in [6.45, 7) is 3.60. The number of nitrogens with one attached hydrogen (secondary N) is 1. The molecule has 33 heavy (non-hydrogen) atoms. The molecule has 11 heteroatoms. The number of carbonyl (C=O) groups is 2. The summed E-state index contributed by atoms with van der Waals surface area (Å²) < 4.78 is 75.5. The monoisotopic (exact) mass is 471 g/mol. The third-order valence-corrected chi connectivity index (χ3v) is 6.15. The second-order valence-electron chi connectivity index (χ2n) is 8.02. The number of primary amides is 1. The highest BCUT2D eigenvalue weighted by atomic mass is 19.4. The average molecular weight is 471 g/mol. The van der Waals surface area contributed by atoms with Gasteiger partial charge in [0.1, 0.15) is 11.8 Å². The molecule has 2 heterocycles. The third kappa shape index (κ3) is 4.29. The maximum Gasteiger partial charge on any atom is 0.417 e.